The Balaban J connectivity index is 1.77. The van der Waals surface area contributed by atoms with E-state index in [1.165, 1.54) is 6.07 Å². The van der Waals surface area contributed by atoms with Crippen molar-refractivity contribution in [3.8, 4) is 0 Å². The second-order valence-corrected chi connectivity index (χ2v) is 6.93. The van der Waals surface area contributed by atoms with Crippen LogP contribution in [0, 0.1) is 0 Å². The number of hydrogen-bond acceptors (Lipinski definition) is 2. The molecule has 0 unspecified atom stereocenters. The fourth-order valence-electron chi connectivity index (χ4n) is 2.95. The Hall–Kier alpha value is -2.80. The van der Waals surface area contributed by atoms with E-state index in [1.54, 1.807) is 52.2 Å². The summed E-state index contributed by atoms with van der Waals surface area (Å²) in [4.78, 5) is 18.7. The van der Waals surface area contributed by atoms with Crippen molar-refractivity contribution in [3.63, 3.8) is 0 Å². The molecule has 0 bridgehead atoms. The van der Waals surface area contributed by atoms with E-state index in [9.17, 15) is 18.0 Å². The number of rotatable bonds is 6. The molecule has 0 radical (unpaired) electrons. The van der Waals surface area contributed by atoms with Gasteiger partial charge in [-0.3, -0.25) is 4.79 Å². The zero-order chi connectivity index (χ0) is 21.0. The molecule has 0 atom stereocenters. The molecule has 0 spiro atoms. The van der Waals surface area contributed by atoms with E-state index >= 15 is 0 Å². The van der Waals surface area contributed by atoms with E-state index in [2.05, 4.69) is 4.98 Å². The molecule has 4 nitrogen and oxygen atoms in total. The van der Waals surface area contributed by atoms with Crippen molar-refractivity contribution >= 4 is 17.5 Å². The molecule has 29 heavy (non-hydrogen) atoms. The first-order chi connectivity index (χ1) is 13.8. The lowest BCUT2D eigenvalue weighted by molar-refractivity contribution is -0.137. The van der Waals surface area contributed by atoms with Crippen LogP contribution in [0.25, 0.3) is 0 Å². The van der Waals surface area contributed by atoms with Crippen LogP contribution in [0.5, 0.6) is 0 Å². The van der Waals surface area contributed by atoms with Gasteiger partial charge in [-0.15, -0.1) is 0 Å². The van der Waals surface area contributed by atoms with Gasteiger partial charge in [0.25, 0.3) is 5.91 Å². The minimum absolute atomic E-state index is 0.169. The van der Waals surface area contributed by atoms with Crippen molar-refractivity contribution in [1.29, 1.82) is 0 Å². The molecule has 0 aliphatic rings. The molecule has 8 heteroatoms. The van der Waals surface area contributed by atoms with Gasteiger partial charge in [-0.05, 0) is 48.9 Å². The monoisotopic (exact) mass is 421 g/mol. The fourth-order valence-corrected chi connectivity index (χ4v) is 3.08. The Morgan fingerprint density at radius 3 is 2.55 bits per heavy atom. The van der Waals surface area contributed by atoms with E-state index in [1.807, 2.05) is 6.92 Å². The maximum Gasteiger partial charge on any atom is 0.416 e. The summed E-state index contributed by atoms with van der Waals surface area (Å²) in [5.74, 6) is 0.421. The first kappa shape index (κ1) is 20.9. The average Bonchev–Trinajstić information content (AvgIpc) is 3.12. The van der Waals surface area contributed by atoms with E-state index in [0.29, 0.717) is 28.5 Å². The van der Waals surface area contributed by atoms with Crippen LogP contribution in [0.3, 0.4) is 0 Å². The number of benzene rings is 2. The molecule has 152 valence electrons. The van der Waals surface area contributed by atoms with Crippen LogP contribution in [0.15, 0.2) is 60.9 Å². The lowest BCUT2D eigenvalue weighted by Crippen LogP contribution is -2.31. The number of imidazole rings is 1. The van der Waals surface area contributed by atoms with Gasteiger partial charge in [0.1, 0.15) is 5.82 Å². The lowest BCUT2D eigenvalue weighted by atomic mass is 10.1. The predicted molar refractivity (Wildman–Crippen MR) is 105 cm³/mol. The number of carbonyl (C=O) groups excluding carboxylic acids is 1. The van der Waals surface area contributed by atoms with Crippen molar-refractivity contribution < 1.29 is 18.0 Å². The summed E-state index contributed by atoms with van der Waals surface area (Å²) >= 11 is 5.87. The minimum Gasteiger partial charge on any atom is -0.331 e. The molecule has 0 aliphatic heterocycles. The SMILES string of the molecule is CCN(Cc1nccn1Cc1cccc(C(F)(F)F)c1)C(=O)c1ccc(Cl)cc1. The zero-order valence-electron chi connectivity index (χ0n) is 15.7. The first-order valence-electron chi connectivity index (χ1n) is 8.99. The van der Waals surface area contributed by atoms with Crippen LogP contribution < -0.4 is 0 Å². The molecule has 3 rings (SSSR count). The highest BCUT2D eigenvalue weighted by molar-refractivity contribution is 6.30. The maximum atomic E-state index is 12.9. The number of hydrogen-bond donors (Lipinski definition) is 0. The largest absolute Gasteiger partial charge is 0.416 e. The quantitative estimate of drug-likeness (QED) is 0.544. The van der Waals surface area contributed by atoms with Gasteiger partial charge in [-0.1, -0.05) is 23.7 Å². The number of aromatic nitrogens is 2. The van der Waals surface area contributed by atoms with Crippen molar-refractivity contribution in [2.45, 2.75) is 26.2 Å². The standard InChI is InChI=1S/C21H19ClF3N3O/c1-2-27(20(29)16-6-8-18(22)9-7-16)14-19-26-10-11-28(19)13-15-4-3-5-17(12-15)21(23,24)25/h3-12H,2,13-14H2,1H3. The number of amides is 1. The van der Waals surface area contributed by atoms with Crippen molar-refractivity contribution in [3.05, 3.63) is 88.5 Å². The Labute approximate surface area is 171 Å². The van der Waals surface area contributed by atoms with Gasteiger partial charge >= 0.3 is 6.18 Å². The highest BCUT2D eigenvalue weighted by Gasteiger charge is 2.30. The molecule has 1 aromatic heterocycles. The molecule has 3 aromatic rings. The molecule has 2 aromatic carbocycles. The van der Waals surface area contributed by atoms with Crippen LogP contribution in [-0.2, 0) is 19.3 Å². The molecule has 1 heterocycles. The van der Waals surface area contributed by atoms with Crippen LogP contribution in [-0.4, -0.2) is 26.9 Å². The van der Waals surface area contributed by atoms with Gasteiger partial charge in [0, 0.05) is 36.1 Å². The smallest absolute Gasteiger partial charge is 0.331 e. The van der Waals surface area contributed by atoms with Crippen molar-refractivity contribution in [2.24, 2.45) is 0 Å². The Bertz CT molecular complexity index is 983. The fraction of sp³-hybridized carbons (Fsp3) is 0.238. The molecular weight excluding hydrogens is 403 g/mol. The summed E-state index contributed by atoms with van der Waals surface area (Å²) < 4.78 is 40.6. The van der Waals surface area contributed by atoms with Gasteiger partial charge < -0.3 is 9.47 Å². The summed E-state index contributed by atoms with van der Waals surface area (Å²) in [6.07, 6.45) is -1.13. The highest BCUT2D eigenvalue weighted by Crippen LogP contribution is 2.29. The lowest BCUT2D eigenvalue weighted by Gasteiger charge is -2.21. The number of carbonyl (C=O) groups is 1. The first-order valence-corrected chi connectivity index (χ1v) is 9.36. The summed E-state index contributed by atoms with van der Waals surface area (Å²) in [5.41, 5.74) is 0.322. The summed E-state index contributed by atoms with van der Waals surface area (Å²) in [6, 6.07) is 11.8. The van der Waals surface area contributed by atoms with Gasteiger partial charge in [0.05, 0.1) is 12.1 Å². The van der Waals surface area contributed by atoms with Crippen molar-refractivity contribution in [1.82, 2.24) is 14.5 Å². The summed E-state index contributed by atoms with van der Waals surface area (Å²) in [7, 11) is 0. The van der Waals surface area contributed by atoms with E-state index in [-0.39, 0.29) is 19.0 Å². The maximum absolute atomic E-state index is 12.9. The second-order valence-electron chi connectivity index (χ2n) is 6.50. The second kappa shape index (κ2) is 8.69. The minimum atomic E-state index is -4.39. The number of halogens is 4. The molecule has 0 fully saturated rings. The third-order valence-electron chi connectivity index (χ3n) is 4.50. The molecule has 1 amide bonds. The van der Waals surface area contributed by atoms with Gasteiger partial charge in [-0.2, -0.15) is 13.2 Å². The Kier molecular flexibility index (Phi) is 6.27. The number of nitrogens with zero attached hydrogens (tertiary/aromatic N) is 3. The molecule has 0 N–H and O–H groups in total. The van der Waals surface area contributed by atoms with Gasteiger partial charge in [-0.25, -0.2) is 4.98 Å². The third kappa shape index (κ3) is 5.17. The van der Waals surface area contributed by atoms with Crippen LogP contribution in [0.2, 0.25) is 5.02 Å². The highest BCUT2D eigenvalue weighted by atomic mass is 35.5. The van der Waals surface area contributed by atoms with Crippen molar-refractivity contribution in [2.75, 3.05) is 6.54 Å². The Morgan fingerprint density at radius 2 is 1.90 bits per heavy atom. The Morgan fingerprint density at radius 1 is 1.17 bits per heavy atom. The number of alkyl halides is 3. The predicted octanol–water partition coefficient (Wildman–Crippen LogP) is 5.27. The molecule has 0 saturated carbocycles. The van der Waals surface area contributed by atoms with E-state index < -0.39 is 11.7 Å². The zero-order valence-corrected chi connectivity index (χ0v) is 16.4. The molecular formula is C21H19ClF3N3O. The summed E-state index contributed by atoms with van der Waals surface area (Å²) in [5, 5.41) is 0.543. The van der Waals surface area contributed by atoms with E-state index in [0.717, 1.165) is 12.1 Å². The van der Waals surface area contributed by atoms with Crippen LogP contribution in [0.1, 0.15) is 34.2 Å². The molecule has 0 aliphatic carbocycles. The average molecular weight is 422 g/mol. The van der Waals surface area contributed by atoms with E-state index in [4.69, 9.17) is 11.6 Å². The topological polar surface area (TPSA) is 38.1 Å². The van der Waals surface area contributed by atoms with Crippen LogP contribution in [0.4, 0.5) is 13.2 Å². The summed E-state index contributed by atoms with van der Waals surface area (Å²) in [6.45, 7) is 2.78. The van der Waals surface area contributed by atoms with Gasteiger partial charge in [0.15, 0.2) is 0 Å². The van der Waals surface area contributed by atoms with Crippen LogP contribution >= 0.6 is 11.6 Å². The molecule has 0 saturated heterocycles. The normalized spacial score (nSPS) is 11.5. The van der Waals surface area contributed by atoms with Gasteiger partial charge in [0.2, 0.25) is 0 Å². The third-order valence-corrected chi connectivity index (χ3v) is 4.75.